The van der Waals surface area contributed by atoms with Crippen molar-refractivity contribution in [1.82, 2.24) is 5.32 Å². The van der Waals surface area contributed by atoms with E-state index in [1.54, 1.807) is 25.1 Å². The van der Waals surface area contributed by atoms with Crippen LogP contribution in [0.15, 0.2) is 48.6 Å². The summed E-state index contributed by atoms with van der Waals surface area (Å²) in [5.41, 5.74) is 1.58. The molecular weight excluding hydrogens is 292 g/mol. The van der Waals surface area contributed by atoms with Crippen LogP contribution >= 0.6 is 0 Å². The number of alkyl carbamates (subject to hydrolysis) is 1. The summed E-state index contributed by atoms with van der Waals surface area (Å²) in [6, 6.07) is 7.22. The Labute approximate surface area is 137 Å². The van der Waals surface area contributed by atoms with E-state index in [-0.39, 0.29) is 5.91 Å². The van der Waals surface area contributed by atoms with Crippen molar-refractivity contribution in [2.24, 2.45) is 0 Å². The van der Waals surface area contributed by atoms with Crippen LogP contribution in [0.25, 0.3) is 0 Å². The van der Waals surface area contributed by atoms with Crippen molar-refractivity contribution in [3.63, 3.8) is 0 Å². The van der Waals surface area contributed by atoms with Gasteiger partial charge >= 0.3 is 6.09 Å². The maximum Gasteiger partial charge on any atom is 0.407 e. The molecule has 5 heteroatoms. The summed E-state index contributed by atoms with van der Waals surface area (Å²) in [4.78, 5) is 23.5. The molecule has 2 N–H and O–H groups in total. The van der Waals surface area contributed by atoms with Gasteiger partial charge in [0.2, 0.25) is 0 Å². The molecule has 23 heavy (non-hydrogen) atoms. The fourth-order valence-electron chi connectivity index (χ4n) is 1.74. The molecular formula is C18H24N2O3. The molecule has 0 bridgehead atoms. The van der Waals surface area contributed by atoms with Gasteiger partial charge in [-0.15, -0.1) is 0 Å². The Morgan fingerprint density at radius 3 is 2.30 bits per heavy atom. The average Bonchev–Trinajstić information content (AvgIpc) is 2.46. The molecule has 0 unspecified atom stereocenters. The maximum atomic E-state index is 11.9. The molecule has 0 saturated carbocycles. The minimum Gasteiger partial charge on any atom is -0.444 e. The highest BCUT2D eigenvalue weighted by molar-refractivity contribution is 6.05. The third-order valence-corrected chi connectivity index (χ3v) is 2.84. The van der Waals surface area contributed by atoms with Crippen molar-refractivity contribution < 1.29 is 14.3 Å². The van der Waals surface area contributed by atoms with Gasteiger partial charge in [-0.25, -0.2) is 4.79 Å². The standard InChI is InChI=1S/C18H24N2O3/c1-6-14(7-2)16(21)20-15-10-8-13(9-11-15)12-19-17(22)23-18(3,4)5/h6-11H,1,12H2,2-5H3,(H,19,22)(H,20,21)/b14-7+. The summed E-state index contributed by atoms with van der Waals surface area (Å²) < 4.78 is 5.16. The van der Waals surface area contributed by atoms with E-state index in [9.17, 15) is 9.59 Å². The molecule has 0 aliphatic heterocycles. The molecule has 2 amide bonds. The summed E-state index contributed by atoms with van der Waals surface area (Å²) in [6.45, 7) is 11.2. The van der Waals surface area contributed by atoms with E-state index >= 15 is 0 Å². The number of anilines is 1. The predicted molar refractivity (Wildman–Crippen MR) is 92.1 cm³/mol. The van der Waals surface area contributed by atoms with E-state index in [4.69, 9.17) is 4.74 Å². The Morgan fingerprint density at radius 1 is 1.22 bits per heavy atom. The molecule has 0 spiro atoms. The first-order valence-corrected chi connectivity index (χ1v) is 7.41. The number of amides is 2. The molecule has 1 aromatic carbocycles. The van der Waals surface area contributed by atoms with Crippen LogP contribution in [0.3, 0.4) is 0 Å². The van der Waals surface area contributed by atoms with Crippen LogP contribution in [-0.2, 0) is 16.1 Å². The van der Waals surface area contributed by atoms with E-state index in [1.807, 2.05) is 32.9 Å². The zero-order chi connectivity index (χ0) is 17.5. The summed E-state index contributed by atoms with van der Waals surface area (Å²) in [6.07, 6.45) is 2.74. The Hall–Kier alpha value is -2.56. The molecule has 0 heterocycles. The zero-order valence-electron chi connectivity index (χ0n) is 14.1. The molecule has 0 radical (unpaired) electrons. The van der Waals surface area contributed by atoms with E-state index in [1.165, 1.54) is 6.08 Å². The first kappa shape index (κ1) is 18.5. The van der Waals surface area contributed by atoms with Crippen molar-refractivity contribution in [3.8, 4) is 0 Å². The molecule has 5 nitrogen and oxygen atoms in total. The van der Waals surface area contributed by atoms with E-state index in [2.05, 4.69) is 17.2 Å². The summed E-state index contributed by atoms with van der Waals surface area (Å²) in [5.74, 6) is -0.206. The van der Waals surface area contributed by atoms with Crippen LogP contribution < -0.4 is 10.6 Å². The van der Waals surface area contributed by atoms with Crippen LogP contribution in [-0.4, -0.2) is 17.6 Å². The number of nitrogens with one attached hydrogen (secondary N) is 2. The molecule has 0 saturated heterocycles. The lowest BCUT2D eigenvalue weighted by Gasteiger charge is -2.19. The van der Waals surface area contributed by atoms with Crippen molar-refractivity contribution in [1.29, 1.82) is 0 Å². The second-order valence-corrected chi connectivity index (χ2v) is 5.95. The van der Waals surface area contributed by atoms with Gasteiger partial charge in [-0.2, -0.15) is 0 Å². The Bertz CT molecular complexity index is 596. The number of benzene rings is 1. The second-order valence-electron chi connectivity index (χ2n) is 5.95. The third kappa shape index (κ3) is 6.82. The van der Waals surface area contributed by atoms with Crippen molar-refractivity contribution in [2.75, 3.05) is 5.32 Å². The third-order valence-electron chi connectivity index (χ3n) is 2.84. The van der Waals surface area contributed by atoms with Gasteiger partial charge < -0.3 is 15.4 Å². The number of allylic oxidation sites excluding steroid dienone is 1. The number of ether oxygens (including phenoxy) is 1. The summed E-state index contributed by atoms with van der Waals surface area (Å²) in [5, 5.41) is 5.46. The van der Waals surface area contributed by atoms with Gasteiger partial charge in [0.15, 0.2) is 0 Å². The minimum atomic E-state index is -0.520. The molecule has 124 valence electrons. The highest BCUT2D eigenvalue weighted by Crippen LogP contribution is 2.12. The monoisotopic (exact) mass is 316 g/mol. The number of hydrogen-bond donors (Lipinski definition) is 2. The molecule has 0 aliphatic carbocycles. The van der Waals surface area contributed by atoms with Crippen molar-refractivity contribution in [3.05, 3.63) is 54.1 Å². The first-order valence-electron chi connectivity index (χ1n) is 7.41. The maximum absolute atomic E-state index is 11.9. The SMILES string of the molecule is C=C/C(=C\C)C(=O)Nc1ccc(CNC(=O)OC(C)(C)C)cc1. The fourth-order valence-corrected chi connectivity index (χ4v) is 1.74. The Kier molecular flexibility index (Phi) is 6.57. The normalized spacial score (nSPS) is 11.6. The molecule has 0 aliphatic rings. The van der Waals surface area contributed by atoms with Gasteiger partial charge in [0.1, 0.15) is 5.60 Å². The van der Waals surface area contributed by atoms with Gasteiger partial charge in [0, 0.05) is 17.8 Å². The molecule has 0 aromatic heterocycles. The van der Waals surface area contributed by atoms with Crippen LogP contribution in [0.2, 0.25) is 0 Å². The van der Waals surface area contributed by atoms with Crippen LogP contribution in [0.1, 0.15) is 33.3 Å². The van der Waals surface area contributed by atoms with Gasteiger partial charge in [0.05, 0.1) is 0 Å². The second kappa shape index (κ2) is 8.17. The molecule has 0 fully saturated rings. The minimum absolute atomic E-state index is 0.206. The van der Waals surface area contributed by atoms with Crippen LogP contribution in [0.4, 0.5) is 10.5 Å². The smallest absolute Gasteiger partial charge is 0.407 e. The van der Waals surface area contributed by atoms with Crippen LogP contribution in [0, 0.1) is 0 Å². The molecule has 0 atom stereocenters. The van der Waals surface area contributed by atoms with Crippen molar-refractivity contribution in [2.45, 2.75) is 39.8 Å². The quantitative estimate of drug-likeness (QED) is 0.641. The first-order chi connectivity index (χ1) is 10.7. The van der Waals surface area contributed by atoms with E-state index in [0.29, 0.717) is 17.8 Å². The Balaban J connectivity index is 2.55. The predicted octanol–water partition coefficient (Wildman–Crippen LogP) is 3.78. The highest BCUT2D eigenvalue weighted by atomic mass is 16.6. The highest BCUT2D eigenvalue weighted by Gasteiger charge is 2.15. The lowest BCUT2D eigenvalue weighted by Crippen LogP contribution is -2.32. The number of rotatable bonds is 5. The lowest BCUT2D eigenvalue weighted by atomic mass is 10.2. The number of hydrogen-bond acceptors (Lipinski definition) is 3. The summed E-state index contributed by atoms with van der Waals surface area (Å²) in [7, 11) is 0. The van der Waals surface area contributed by atoms with E-state index in [0.717, 1.165) is 5.56 Å². The number of carbonyl (C=O) groups excluding carboxylic acids is 2. The van der Waals surface area contributed by atoms with Crippen molar-refractivity contribution >= 4 is 17.7 Å². The topological polar surface area (TPSA) is 67.4 Å². The van der Waals surface area contributed by atoms with Gasteiger partial charge in [0.25, 0.3) is 5.91 Å². The van der Waals surface area contributed by atoms with E-state index < -0.39 is 11.7 Å². The van der Waals surface area contributed by atoms with Gasteiger partial charge in [-0.05, 0) is 45.4 Å². The number of carbonyl (C=O) groups is 2. The molecule has 1 aromatic rings. The van der Waals surface area contributed by atoms with Crippen LogP contribution in [0.5, 0.6) is 0 Å². The fraction of sp³-hybridized carbons (Fsp3) is 0.333. The summed E-state index contributed by atoms with van der Waals surface area (Å²) >= 11 is 0. The zero-order valence-corrected chi connectivity index (χ0v) is 14.1. The van der Waals surface area contributed by atoms with Gasteiger partial charge in [-0.3, -0.25) is 4.79 Å². The largest absolute Gasteiger partial charge is 0.444 e. The van der Waals surface area contributed by atoms with Gasteiger partial charge in [-0.1, -0.05) is 30.9 Å². The lowest BCUT2D eigenvalue weighted by molar-refractivity contribution is -0.112. The average molecular weight is 316 g/mol. The molecule has 1 rings (SSSR count). The Morgan fingerprint density at radius 2 is 1.83 bits per heavy atom.